The lowest BCUT2D eigenvalue weighted by molar-refractivity contribution is -0.129. The van der Waals surface area contributed by atoms with E-state index in [1.807, 2.05) is 24.3 Å². The molecule has 2 aliphatic heterocycles. The Hall–Kier alpha value is -2.23. The molecule has 4 rings (SSSR count). The van der Waals surface area contributed by atoms with Crippen LogP contribution in [0.1, 0.15) is 29.0 Å². The van der Waals surface area contributed by atoms with E-state index in [9.17, 15) is 10.1 Å². The molecule has 4 nitrogen and oxygen atoms in total. The summed E-state index contributed by atoms with van der Waals surface area (Å²) in [6.45, 7) is 4.69. The maximum atomic E-state index is 13.0. The molecule has 1 atom stereocenters. The fourth-order valence-corrected chi connectivity index (χ4v) is 5.06. The third-order valence-corrected chi connectivity index (χ3v) is 7.10. The molecule has 0 bridgehead atoms. The number of nitriles is 1. The van der Waals surface area contributed by atoms with Crippen molar-refractivity contribution in [2.24, 2.45) is 0 Å². The van der Waals surface area contributed by atoms with Gasteiger partial charge in [-0.2, -0.15) is 5.26 Å². The summed E-state index contributed by atoms with van der Waals surface area (Å²) < 4.78 is 0.988. The van der Waals surface area contributed by atoms with Crippen molar-refractivity contribution in [3.8, 4) is 6.07 Å². The molecule has 0 radical (unpaired) electrons. The van der Waals surface area contributed by atoms with Crippen LogP contribution in [0.3, 0.4) is 0 Å². The second-order valence-corrected chi connectivity index (χ2v) is 9.03. The number of hydrogen-bond acceptors (Lipinski definition) is 4. The SMILES string of the molecule is Cc1ccc(N2CSC3=C(C#N)C(c4ccc(Br)cc4)CC(=O)N3C2)cc1C. The number of benzene rings is 2. The van der Waals surface area contributed by atoms with E-state index in [1.54, 1.807) is 16.7 Å². The average Bonchev–Trinajstić information content (AvgIpc) is 2.70. The Labute approximate surface area is 178 Å². The molecule has 1 fully saturated rings. The van der Waals surface area contributed by atoms with Crippen LogP contribution in [-0.2, 0) is 4.79 Å². The number of aryl methyl sites for hydroxylation is 2. The van der Waals surface area contributed by atoms with Gasteiger partial charge in [-0.25, -0.2) is 0 Å². The van der Waals surface area contributed by atoms with Crippen molar-refractivity contribution >= 4 is 39.3 Å². The Morgan fingerprint density at radius 2 is 1.89 bits per heavy atom. The highest BCUT2D eigenvalue weighted by atomic mass is 79.9. The summed E-state index contributed by atoms with van der Waals surface area (Å²) in [5.41, 5.74) is 5.31. The Morgan fingerprint density at radius 1 is 1.14 bits per heavy atom. The molecule has 2 aromatic carbocycles. The van der Waals surface area contributed by atoms with E-state index in [2.05, 4.69) is 58.9 Å². The summed E-state index contributed by atoms with van der Waals surface area (Å²) in [7, 11) is 0. The molecule has 2 aromatic rings. The van der Waals surface area contributed by atoms with Gasteiger partial charge in [-0.15, -0.1) is 0 Å². The van der Waals surface area contributed by atoms with E-state index in [0.29, 0.717) is 18.7 Å². The average molecular weight is 454 g/mol. The highest BCUT2D eigenvalue weighted by Gasteiger charge is 2.38. The van der Waals surface area contributed by atoms with Crippen LogP contribution in [0, 0.1) is 25.2 Å². The fourth-order valence-electron chi connectivity index (χ4n) is 3.63. The number of carbonyl (C=O) groups excluding carboxylic acids is 1. The molecule has 0 spiro atoms. The van der Waals surface area contributed by atoms with Crippen LogP contribution in [0.4, 0.5) is 5.69 Å². The predicted molar refractivity (Wildman–Crippen MR) is 117 cm³/mol. The monoisotopic (exact) mass is 453 g/mol. The number of amides is 1. The molecule has 1 saturated heterocycles. The van der Waals surface area contributed by atoms with Gasteiger partial charge in [0.05, 0.1) is 29.2 Å². The van der Waals surface area contributed by atoms with Gasteiger partial charge >= 0.3 is 0 Å². The van der Waals surface area contributed by atoms with Crippen molar-refractivity contribution in [1.29, 1.82) is 5.26 Å². The maximum Gasteiger partial charge on any atom is 0.229 e. The van der Waals surface area contributed by atoms with E-state index in [1.165, 1.54) is 11.1 Å². The highest BCUT2D eigenvalue weighted by molar-refractivity contribution is 9.10. The first-order valence-electron chi connectivity index (χ1n) is 9.13. The molecule has 142 valence electrons. The van der Waals surface area contributed by atoms with Crippen molar-refractivity contribution in [1.82, 2.24) is 4.90 Å². The lowest BCUT2D eigenvalue weighted by atomic mass is 9.86. The quantitative estimate of drug-likeness (QED) is 0.619. The summed E-state index contributed by atoms with van der Waals surface area (Å²) >= 11 is 5.02. The number of fused-ring (bicyclic) bond motifs is 1. The van der Waals surface area contributed by atoms with Crippen LogP contribution >= 0.6 is 27.7 Å². The van der Waals surface area contributed by atoms with E-state index >= 15 is 0 Å². The molecule has 0 aliphatic carbocycles. The number of halogens is 1. The van der Waals surface area contributed by atoms with Crippen molar-refractivity contribution < 1.29 is 4.79 Å². The first-order chi connectivity index (χ1) is 13.5. The fraction of sp³-hybridized carbons (Fsp3) is 0.273. The van der Waals surface area contributed by atoms with E-state index in [0.717, 1.165) is 26.6 Å². The van der Waals surface area contributed by atoms with E-state index in [4.69, 9.17) is 0 Å². The molecule has 6 heteroatoms. The van der Waals surface area contributed by atoms with Crippen LogP contribution in [0.5, 0.6) is 0 Å². The van der Waals surface area contributed by atoms with Gasteiger partial charge in [0, 0.05) is 22.5 Å². The van der Waals surface area contributed by atoms with Crippen molar-refractivity contribution in [2.45, 2.75) is 26.2 Å². The van der Waals surface area contributed by atoms with Crippen LogP contribution in [0.2, 0.25) is 0 Å². The van der Waals surface area contributed by atoms with Crippen LogP contribution in [0.25, 0.3) is 0 Å². The number of carbonyl (C=O) groups is 1. The number of hydrogen-bond donors (Lipinski definition) is 0. The zero-order chi connectivity index (χ0) is 19.8. The molecule has 1 unspecified atom stereocenters. The molecular weight excluding hydrogens is 434 g/mol. The van der Waals surface area contributed by atoms with Gasteiger partial charge in [-0.3, -0.25) is 9.69 Å². The zero-order valence-corrected chi connectivity index (χ0v) is 18.2. The molecule has 1 amide bonds. The van der Waals surface area contributed by atoms with E-state index in [-0.39, 0.29) is 11.8 Å². The first-order valence-corrected chi connectivity index (χ1v) is 10.9. The minimum Gasteiger partial charge on any atom is -0.344 e. The molecule has 28 heavy (non-hydrogen) atoms. The third-order valence-electron chi connectivity index (χ3n) is 5.42. The second kappa shape index (κ2) is 7.65. The van der Waals surface area contributed by atoms with Crippen LogP contribution in [0.15, 0.2) is 57.5 Å². The number of thioether (sulfide) groups is 1. The number of anilines is 1. The molecule has 0 N–H and O–H groups in total. The van der Waals surface area contributed by atoms with Crippen LogP contribution in [-0.4, -0.2) is 23.4 Å². The number of nitrogens with zero attached hydrogens (tertiary/aromatic N) is 3. The smallest absolute Gasteiger partial charge is 0.229 e. The lowest BCUT2D eigenvalue weighted by Gasteiger charge is -2.42. The Bertz CT molecular complexity index is 1010. The zero-order valence-electron chi connectivity index (χ0n) is 15.8. The van der Waals surface area contributed by atoms with Gasteiger partial charge < -0.3 is 4.90 Å². The normalized spacial score (nSPS) is 19.5. The molecule has 2 aliphatic rings. The van der Waals surface area contributed by atoms with Gasteiger partial charge in [-0.05, 0) is 54.8 Å². The minimum absolute atomic E-state index is 0.0722. The number of allylic oxidation sites excluding steroid dienone is 1. The summed E-state index contributed by atoms with van der Waals surface area (Å²) in [5.74, 6) is 0.625. The largest absolute Gasteiger partial charge is 0.344 e. The van der Waals surface area contributed by atoms with E-state index < -0.39 is 0 Å². The van der Waals surface area contributed by atoms with Crippen molar-refractivity contribution in [3.63, 3.8) is 0 Å². The minimum atomic E-state index is -0.169. The van der Waals surface area contributed by atoms with Gasteiger partial charge in [0.1, 0.15) is 0 Å². The van der Waals surface area contributed by atoms with Crippen LogP contribution < -0.4 is 4.90 Å². The molecular formula is C22H20BrN3OS. The third kappa shape index (κ3) is 3.45. The van der Waals surface area contributed by atoms with Gasteiger partial charge in [0.25, 0.3) is 0 Å². The summed E-state index contributed by atoms with van der Waals surface area (Å²) in [4.78, 5) is 16.9. The van der Waals surface area contributed by atoms with Gasteiger partial charge in [0.15, 0.2) is 0 Å². The maximum absolute atomic E-state index is 13.0. The van der Waals surface area contributed by atoms with Gasteiger partial charge in [0.2, 0.25) is 5.91 Å². The van der Waals surface area contributed by atoms with Crippen molar-refractivity contribution in [2.75, 3.05) is 17.4 Å². The summed E-state index contributed by atoms with van der Waals surface area (Å²) in [5, 5.41) is 10.7. The Kier molecular flexibility index (Phi) is 5.22. The second-order valence-electron chi connectivity index (χ2n) is 7.18. The van der Waals surface area contributed by atoms with Crippen molar-refractivity contribution in [3.05, 3.63) is 74.2 Å². The molecule has 2 heterocycles. The topological polar surface area (TPSA) is 47.3 Å². The Morgan fingerprint density at radius 3 is 2.57 bits per heavy atom. The summed E-state index contributed by atoms with van der Waals surface area (Å²) in [6.07, 6.45) is 0.329. The molecule has 0 saturated carbocycles. The Balaban J connectivity index is 1.65. The molecule has 0 aromatic heterocycles. The number of rotatable bonds is 2. The standard InChI is InChI=1S/C22H20BrN3OS/c1-14-3-8-18(9-15(14)2)25-12-26-21(27)10-19(16-4-6-17(23)7-5-16)20(11-24)22(26)28-13-25/h3-9,19H,10,12-13H2,1-2H3. The predicted octanol–water partition coefficient (Wildman–Crippen LogP) is 5.29. The van der Waals surface area contributed by atoms with Gasteiger partial charge in [-0.1, -0.05) is 45.9 Å². The summed E-state index contributed by atoms with van der Waals surface area (Å²) in [6, 6.07) is 16.7. The highest BCUT2D eigenvalue weighted by Crippen LogP contribution is 2.43. The lowest BCUT2D eigenvalue weighted by Crippen LogP contribution is -2.47. The first kappa shape index (κ1) is 19.1.